The second-order valence-electron chi connectivity index (χ2n) is 5.30. The highest BCUT2D eigenvalue weighted by Gasteiger charge is 2.14. The summed E-state index contributed by atoms with van der Waals surface area (Å²) >= 11 is 11.6. The lowest BCUT2D eigenvalue weighted by Gasteiger charge is -2.12. The van der Waals surface area contributed by atoms with Crippen LogP contribution in [0.25, 0.3) is 0 Å². The first kappa shape index (κ1) is 21.7. The van der Waals surface area contributed by atoms with Crippen LogP contribution in [0.3, 0.4) is 0 Å². The topological polar surface area (TPSA) is 114 Å². The molecule has 26 heavy (non-hydrogen) atoms. The van der Waals surface area contributed by atoms with Gasteiger partial charge in [0.05, 0.1) is 10.0 Å². The van der Waals surface area contributed by atoms with Crippen LogP contribution >= 0.6 is 23.2 Å². The van der Waals surface area contributed by atoms with E-state index in [-0.39, 0.29) is 16.6 Å². The van der Waals surface area contributed by atoms with Crippen molar-refractivity contribution in [2.45, 2.75) is 26.3 Å². The van der Waals surface area contributed by atoms with Gasteiger partial charge in [-0.05, 0) is 31.5 Å². The Morgan fingerprint density at radius 2 is 1.85 bits per heavy atom. The van der Waals surface area contributed by atoms with Crippen molar-refractivity contribution >= 4 is 47.0 Å². The summed E-state index contributed by atoms with van der Waals surface area (Å²) in [6.45, 7) is 2.56. The maximum Gasteiger partial charge on any atom is 0.325 e. The van der Waals surface area contributed by atoms with E-state index in [4.69, 9.17) is 23.2 Å². The van der Waals surface area contributed by atoms with E-state index in [2.05, 4.69) is 15.4 Å². The Labute approximate surface area is 160 Å². The summed E-state index contributed by atoms with van der Waals surface area (Å²) in [6, 6.07) is 3.48. The number of carbonyl (C=O) groups excluding carboxylic acids is 4. The van der Waals surface area contributed by atoms with Gasteiger partial charge in [-0.25, -0.2) is 4.79 Å². The van der Waals surface area contributed by atoms with Gasteiger partial charge in [0.15, 0.2) is 6.61 Å². The van der Waals surface area contributed by atoms with Gasteiger partial charge in [-0.2, -0.15) is 0 Å². The highest BCUT2D eigenvalue weighted by Crippen LogP contribution is 2.22. The molecule has 10 heteroatoms. The SMILES string of the molecule is CC[C@H](C)NC(=O)NC(=O)COC(=O)CNC(=O)c1ccc(Cl)c(Cl)c1. The van der Waals surface area contributed by atoms with Gasteiger partial charge in [0.1, 0.15) is 6.54 Å². The Morgan fingerprint density at radius 1 is 1.15 bits per heavy atom. The summed E-state index contributed by atoms with van der Waals surface area (Å²) in [5.41, 5.74) is 0.214. The molecule has 142 valence electrons. The fraction of sp³-hybridized carbons (Fsp3) is 0.375. The number of nitrogens with one attached hydrogen (secondary N) is 3. The molecule has 3 N–H and O–H groups in total. The summed E-state index contributed by atoms with van der Waals surface area (Å²) in [7, 11) is 0. The Kier molecular flexibility index (Phi) is 8.87. The molecular weight excluding hydrogens is 385 g/mol. The van der Waals surface area contributed by atoms with Crippen LogP contribution in [0.2, 0.25) is 10.0 Å². The zero-order valence-corrected chi connectivity index (χ0v) is 15.7. The molecule has 4 amide bonds. The molecule has 0 aromatic heterocycles. The molecule has 1 aromatic rings. The van der Waals surface area contributed by atoms with Crippen LogP contribution in [-0.2, 0) is 14.3 Å². The van der Waals surface area contributed by atoms with E-state index in [1.807, 2.05) is 12.2 Å². The molecule has 0 spiro atoms. The quantitative estimate of drug-likeness (QED) is 0.601. The van der Waals surface area contributed by atoms with E-state index in [1.165, 1.54) is 18.2 Å². The number of hydrogen-bond donors (Lipinski definition) is 3. The Hall–Kier alpha value is -2.32. The minimum Gasteiger partial charge on any atom is -0.454 e. The molecule has 0 fully saturated rings. The Morgan fingerprint density at radius 3 is 2.46 bits per heavy atom. The lowest BCUT2D eigenvalue weighted by Crippen LogP contribution is -2.45. The largest absolute Gasteiger partial charge is 0.454 e. The summed E-state index contributed by atoms with van der Waals surface area (Å²) < 4.78 is 4.67. The van der Waals surface area contributed by atoms with E-state index < -0.39 is 37.0 Å². The minimum atomic E-state index is -0.837. The normalized spacial score (nSPS) is 11.2. The van der Waals surface area contributed by atoms with Crippen LogP contribution in [0.1, 0.15) is 30.6 Å². The molecule has 0 unspecified atom stereocenters. The molecule has 0 heterocycles. The summed E-state index contributed by atoms with van der Waals surface area (Å²) in [6.07, 6.45) is 0.703. The number of amides is 4. The first-order valence-electron chi connectivity index (χ1n) is 7.72. The number of ether oxygens (including phenoxy) is 1. The monoisotopic (exact) mass is 403 g/mol. The molecular formula is C16H19Cl2N3O5. The maximum absolute atomic E-state index is 11.9. The molecule has 0 aliphatic carbocycles. The molecule has 0 aliphatic heterocycles. The van der Waals surface area contributed by atoms with Crippen molar-refractivity contribution < 1.29 is 23.9 Å². The Bertz CT molecular complexity index is 696. The summed E-state index contributed by atoms with van der Waals surface area (Å²) in [5.74, 6) is -2.18. The fourth-order valence-electron chi connectivity index (χ4n) is 1.61. The van der Waals surface area contributed by atoms with Crippen LogP contribution in [0.4, 0.5) is 4.79 Å². The summed E-state index contributed by atoms with van der Waals surface area (Å²) in [5, 5.41) is 7.37. The third kappa shape index (κ3) is 7.71. The molecule has 0 radical (unpaired) electrons. The number of hydrogen-bond acceptors (Lipinski definition) is 5. The number of urea groups is 1. The van der Waals surface area contributed by atoms with Crippen LogP contribution in [-0.4, -0.2) is 43.0 Å². The van der Waals surface area contributed by atoms with Gasteiger partial charge in [-0.1, -0.05) is 30.1 Å². The van der Waals surface area contributed by atoms with Crippen LogP contribution in [0.15, 0.2) is 18.2 Å². The second-order valence-corrected chi connectivity index (χ2v) is 6.12. The molecule has 0 aliphatic rings. The van der Waals surface area contributed by atoms with Gasteiger partial charge in [0.2, 0.25) is 0 Å². The lowest BCUT2D eigenvalue weighted by atomic mass is 10.2. The molecule has 0 saturated carbocycles. The van der Waals surface area contributed by atoms with Crippen molar-refractivity contribution in [1.82, 2.24) is 16.0 Å². The predicted molar refractivity (Wildman–Crippen MR) is 96.2 cm³/mol. The summed E-state index contributed by atoms with van der Waals surface area (Å²) in [4.78, 5) is 46.3. The van der Waals surface area contributed by atoms with Crippen molar-refractivity contribution in [2.24, 2.45) is 0 Å². The van der Waals surface area contributed by atoms with E-state index in [9.17, 15) is 19.2 Å². The van der Waals surface area contributed by atoms with Crippen molar-refractivity contribution in [3.05, 3.63) is 33.8 Å². The lowest BCUT2D eigenvalue weighted by molar-refractivity contribution is -0.147. The smallest absolute Gasteiger partial charge is 0.325 e. The standard InChI is InChI=1S/C16H19Cl2N3O5/c1-3-9(2)20-16(25)21-13(22)8-26-14(23)7-19-15(24)10-4-5-11(17)12(18)6-10/h4-6,9H,3,7-8H2,1-2H3,(H,19,24)(H2,20,21,22,25)/t9-/m0/s1. The Balaban J connectivity index is 2.33. The average Bonchev–Trinajstić information content (AvgIpc) is 2.59. The molecule has 1 atom stereocenters. The number of imide groups is 1. The first-order valence-corrected chi connectivity index (χ1v) is 8.47. The fourth-order valence-corrected chi connectivity index (χ4v) is 1.91. The average molecular weight is 404 g/mol. The molecule has 0 saturated heterocycles. The van der Waals surface area contributed by atoms with E-state index in [1.54, 1.807) is 6.92 Å². The van der Waals surface area contributed by atoms with Crippen LogP contribution in [0.5, 0.6) is 0 Å². The van der Waals surface area contributed by atoms with E-state index in [0.29, 0.717) is 11.4 Å². The number of rotatable bonds is 7. The second kappa shape index (κ2) is 10.6. The molecule has 1 aromatic carbocycles. The van der Waals surface area contributed by atoms with Crippen molar-refractivity contribution in [2.75, 3.05) is 13.2 Å². The van der Waals surface area contributed by atoms with Crippen LogP contribution < -0.4 is 16.0 Å². The maximum atomic E-state index is 11.9. The molecule has 8 nitrogen and oxygen atoms in total. The highest BCUT2D eigenvalue weighted by atomic mass is 35.5. The third-order valence-corrected chi connectivity index (χ3v) is 3.92. The van der Waals surface area contributed by atoms with Crippen molar-refractivity contribution in [1.29, 1.82) is 0 Å². The molecule has 1 rings (SSSR count). The van der Waals surface area contributed by atoms with Crippen molar-refractivity contribution in [3.8, 4) is 0 Å². The zero-order chi connectivity index (χ0) is 19.7. The number of benzene rings is 1. The first-order chi connectivity index (χ1) is 12.2. The minimum absolute atomic E-state index is 0.0954. The molecule has 0 bridgehead atoms. The van der Waals surface area contributed by atoms with Crippen molar-refractivity contribution in [3.63, 3.8) is 0 Å². The van der Waals surface area contributed by atoms with Gasteiger partial charge in [0.25, 0.3) is 11.8 Å². The number of esters is 1. The van der Waals surface area contributed by atoms with E-state index >= 15 is 0 Å². The van der Waals surface area contributed by atoms with Gasteiger partial charge < -0.3 is 15.4 Å². The van der Waals surface area contributed by atoms with Gasteiger partial charge in [-0.3, -0.25) is 19.7 Å². The van der Waals surface area contributed by atoms with Gasteiger partial charge >= 0.3 is 12.0 Å². The van der Waals surface area contributed by atoms with Crippen LogP contribution in [0, 0.1) is 0 Å². The number of halogens is 2. The zero-order valence-electron chi connectivity index (χ0n) is 14.2. The van der Waals surface area contributed by atoms with E-state index in [0.717, 1.165) is 0 Å². The highest BCUT2D eigenvalue weighted by molar-refractivity contribution is 6.42. The van der Waals surface area contributed by atoms with Gasteiger partial charge in [-0.15, -0.1) is 0 Å². The van der Waals surface area contributed by atoms with Gasteiger partial charge in [0, 0.05) is 11.6 Å². The number of carbonyl (C=O) groups is 4. The predicted octanol–water partition coefficient (Wildman–Crippen LogP) is 1.89. The third-order valence-electron chi connectivity index (χ3n) is 3.18.